The van der Waals surface area contributed by atoms with Crippen LogP contribution in [-0.2, 0) is 22.9 Å². The Balaban J connectivity index is 1.94. The first-order chi connectivity index (χ1) is 13.9. The average Bonchev–Trinajstić information content (AvgIpc) is 2.74. The molecule has 156 valence electrons. The number of carbonyl (C=O) groups is 1. The fourth-order valence-corrected chi connectivity index (χ4v) is 5.42. The van der Waals surface area contributed by atoms with Gasteiger partial charge in [0.15, 0.2) is 0 Å². The summed E-state index contributed by atoms with van der Waals surface area (Å²) in [6.07, 6.45) is 4.31. The Bertz CT molecular complexity index is 977. The minimum atomic E-state index is -3.64. The molecule has 1 amide bonds. The van der Waals surface area contributed by atoms with Crippen molar-refractivity contribution in [2.24, 2.45) is 0 Å². The van der Waals surface area contributed by atoms with Gasteiger partial charge < -0.3 is 5.32 Å². The maximum absolute atomic E-state index is 13.0. The SMILES string of the molecule is CCc1cccc(CC)c1NC(=O)c1cc(S(=O)(=O)N2CCCCC2)ccc1Cl. The molecule has 0 radical (unpaired) electrons. The maximum atomic E-state index is 13.0. The van der Waals surface area contributed by atoms with Gasteiger partial charge in [-0.1, -0.05) is 50.1 Å². The summed E-state index contributed by atoms with van der Waals surface area (Å²) in [7, 11) is -3.64. The van der Waals surface area contributed by atoms with Gasteiger partial charge in [0.25, 0.3) is 5.91 Å². The van der Waals surface area contributed by atoms with Crippen LogP contribution in [-0.4, -0.2) is 31.7 Å². The Morgan fingerprint density at radius 1 is 1.03 bits per heavy atom. The molecule has 3 rings (SSSR count). The summed E-state index contributed by atoms with van der Waals surface area (Å²) in [5.41, 5.74) is 3.01. The smallest absolute Gasteiger partial charge is 0.257 e. The highest BCUT2D eigenvalue weighted by molar-refractivity contribution is 7.89. The zero-order valence-corrected chi connectivity index (χ0v) is 18.4. The van der Waals surface area contributed by atoms with Crippen molar-refractivity contribution >= 4 is 33.2 Å². The Labute approximate surface area is 178 Å². The van der Waals surface area contributed by atoms with Crippen molar-refractivity contribution in [3.05, 3.63) is 58.1 Å². The van der Waals surface area contributed by atoms with Crippen LogP contribution in [0.25, 0.3) is 0 Å². The molecule has 0 bridgehead atoms. The molecule has 0 unspecified atom stereocenters. The van der Waals surface area contributed by atoms with Crippen LogP contribution in [0.1, 0.15) is 54.6 Å². The number of hydrogen-bond donors (Lipinski definition) is 1. The van der Waals surface area contributed by atoms with E-state index in [1.807, 2.05) is 32.0 Å². The number of benzene rings is 2. The highest BCUT2D eigenvalue weighted by Gasteiger charge is 2.27. The largest absolute Gasteiger partial charge is 0.321 e. The second kappa shape index (κ2) is 9.28. The van der Waals surface area contributed by atoms with E-state index in [9.17, 15) is 13.2 Å². The summed E-state index contributed by atoms with van der Waals surface area (Å²) < 4.78 is 27.5. The van der Waals surface area contributed by atoms with Crippen molar-refractivity contribution in [3.63, 3.8) is 0 Å². The first-order valence-electron chi connectivity index (χ1n) is 10.1. The number of piperidine rings is 1. The lowest BCUT2D eigenvalue weighted by Crippen LogP contribution is -2.35. The van der Waals surface area contributed by atoms with Gasteiger partial charge in [-0.3, -0.25) is 4.79 Å². The van der Waals surface area contributed by atoms with Gasteiger partial charge in [-0.2, -0.15) is 4.31 Å². The quantitative estimate of drug-likeness (QED) is 0.703. The zero-order chi connectivity index (χ0) is 21.0. The molecule has 0 spiro atoms. The standard InChI is InChI=1S/C22H27ClN2O3S/c1-3-16-9-8-10-17(4-2)21(16)24-22(26)19-15-18(11-12-20(19)23)29(27,28)25-13-6-5-7-14-25/h8-12,15H,3-7,13-14H2,1-2H3,(H,24,26). The van der Waals surface area contributed by atoms with E-state index in [1.165, 1.54) is 22.5 Å². The lowest BCUT2D eigenvalue weighted by molar-refractivity contribution is 0.102. The van der Waals surface area contributed by atoms with Gasteiger partial charge in [-0.25, -0.2) is 8.42 Å². The van der Waals surface area contributed by atoms with Gasteiger partial charge >= 0.3 is 0 Å². The number of nitrogens with one attached hydrogen (secondary N) is 1. The van der Waals surface area contributed by atoms with Crippen molar-refractivity contribution in [1.82, 2.24) is 4.31 Å². The molecule has 0 atom stereocenters. The molecule has 2 aromatic carbocycles. The topological polar surface area (TPSA) is 66.5 Å². The van der Waals surface area contributed by atoms with E-state index in [2.05, 4.69) is 5.32 Å². The Morgan fingerprint density at radius 3 is 2.24 bits per heavy atom. The van der Waals surface area contributed by atoms with E-state index in [0.717, 1.165) is 48.9 Å². The molecule has 1 aliphatic rings. The molecule has 1 aliphatic heterocycles. The third kappa shape index (κ3) is 4.65. The number of para-hydroxylation sites is 1. The summed E-state index contributed by atoms with van der Waals surface area (Å²) in [5, 5.41) is 3.19. The van der Waals surface area contributed by atoms with Crippen LogP contribution in [0.3, 0.4) is 0 Å². The monoisotopic (exact) mass is 434 g/mol. The van der Waals surface area contributed by atoms with Gasteiger partial charge in [-0.05, 0) is 55.0 Å². The fourth-order valence-electron chi connectivity index (χ4n) is 3.68. The zero-order valence-electron chi connectivity index (χ0n) is 16.9. The van der Waals surface area contributed by atoms with E-state index in [0.29, 0.717) is 13.1 Å². The summed E-state index contributed by atoms with van der Waals surface area (Å²) in [5.74, 6) is -0.402. The second-order valence-electron chi connectivity index (χ2n) is 7.22. The van der Waals surface area contributed by atoms with Crippen molar-refractivity contribution in [1.29, 1.82) is 0 Å². The molecule has 5 nitrogen and oxygen atoms in total. The lowest BCUT2D eigenvalue weighted by atomic mass is 10.0. The van der Waals surface area contributed by atoms with Crippen LogP contribution in [0.2, 0.25) is 5.02 Å². The van der Waals surface area contributed by atoms with E-state index < -0.39 is 15.9 Å². The van der Waals surface area contributed by atoms with Gasteiger partial charge in [0.05, 0.1) is 15.5 Å². The molecule has 2 aromatic rings. The van der Waals surface area contributed by atoms with Gasteiger partial charge in [0.2, 0.25) is 10.0 Å². The Kier molecular flexibility index (Phi) is 6.98. The number of amides is 1. The predicted molar refractivity (Wildman–Crippen MR) is 117 cm³/mol. The minimum Gasteiger partial charge on any atom is -0.321 e. The van der Waals surface area contributed by atoms with Gasteiger partial charge in [0.1, 0.15) is 0 Å². The van der Waals surface area contributed by atoms with Crippen molar-refractivity contribution in [2.75, 3.05) is 18.4 Å². The first kappa shape index (κ1) is 21.8. The predicted octanol–water partition coefficient (Wildman–Crippen LogP) is 4.89. The summed E-state index contributed by atoms with van der Waals surface area (Å²) >= 11 is 6.27. The maximum Gasteiger partial charge on any atom is 0.257 e. The fraction of sp³-hybridized carbons (Fsp3) is 0.409. The molecule has 0 aromatic heterocycles. The lowest BCUT2D eigenvalue weighted by Gasteiger charge is -2.26. The number of aryl methyl sites for hydroxylation is 2. The van der Waals surface area contributed by atoms with Crippen LogP contribution in [0.5, 0.6) is 0 Å². The number of anilines is 1. The van der Waals surface area contributed by atoms with Gasteiger partial charge in [0, 0.05) is 18.8 Å². The Hall–Kier alpha value is -1.89. The van der Waals surface area contributed by atoms with E-state index in [-0.39, 0.29) is 15.5 Å². The summed E-state index contributed by atoms with van der Waals surface area (Å²) in [6, 6.07) is 10.3. The normalized spacial score (nSPS) is 15.3. The third-order valence-electron chi connectivity index (χ3n) is 5.37. The number of halogens is 1. The molecule has 1 saturated heterocycles. The van der Waals surface area contributed by atoms with E-state index >= 15 is 0 Å². The van der Waals surface area contributed by atoms with Crippen LogP contribution >= 0.6 is 11.6 Å². The first-order valence-corrected chi connectivity index (χ1v) is 11.9. The van der Waals surface area contributed by atoms with Crippen LogP contribution in [0, 0.1) is 0 Å². The van der Waals surface area contributed by atoms with Crippen LogP contribution in [0.4, 0.5) is 5.69 Å². The molecule has 29 heavy (non-hydrogen) atoms. The molecular weight excluding hydrogens is 408 g/mol. The second-order valence-corrected chi connectivity index (χ2v) is 9.56. The highest BCUT2D eigenvalue weighted by atomic mass is 35.5. The number of hydrogen-bond acceptors (Lipinski definition) is 3. The molecule has 0 saturated carbocycles. The number of rotatable bonds is 6. The molecule has 7 heteroatoms. The van der Waals surface area contributed by atoms with Crippen molar-refractivity contribution in [2.45, 2.75) is 50.8 Å². The van der Waals surface area contributed by atoms with E-state index in [4.69, 9.17) is 11.6 Å². The van der Waals surface area contributed by atoms with E-state index in [1.54, 1.807) is 0 Å². The van der Waals surface area contributed by atoms with Crippen LogP contribution < -0.4 is 5.32 Å². The third-order valence-corrected chi connectivity index (χ3v) is 7.60. The van der Waals surface area contributed by atoms with Crippen molar-refractivity contribution < 1.29 is 13.2 Å². The molecular formula is C22H27ClN2O3S. The summed E-state index contributed by atoms with van der Waals surface area (Å²) in [4.78, 5) is 13.1. The number of sulfonamides is 1. The van der Waals surface area contributed by atoms with Gasteiger partial charge in [-0.15, -0.1) is 0 Å². The number of carbonyl (C=O) groups excluding carboxylic acids is 1. The molecule has 1 N–H and O–H groups in total. The van der Waals surface area contributed by atoms with Crippen molar-refractivity contribution in [3.8, 4) is 0 Å². The van der Waals surface area contributed by atoms with Crippen LogP contribution in [0.15, 0.2) is 41.3 Å². The highest BCUT2D eigenvalue weighted by Crippen LogP contribution is 2.28. The molecule has 1 fully saturated rings. The Morgan fingerprint density at radius 2 is 1.66 bits per heavy atom. The molecule has 1 heterocycles. The number of nitrogens with zero attached hydrogens (tertiary/aromatic N) is 1. The minimum absolute atomic E-state index is 0.105. The average molecular weight is 435 g/mol. The molecule has 0 aliphatic carbocycles. The summed E-state index contributed by atoms with van der Waals surface area (Å²) in [6.45, 7) is 5.08.